The van der Waals surface area contributed by atoms with Crippen LogP contribution < -0.4 is 10.1 Å². The van der Waals surface area contributed by atoms with E-state index in [0.717, 1.165) is 51.3 Å². The summed E-state index contributed by atoms with van der Waals surface area (Å²) in [5, 5.41) is 3.49. The van der Waals surface area contributed by atoms with Crippen molar-refractivity contribution < 1.29 is 9.47 Å². The summed E-state index contributed by atoms with van der Waals surface area (Å²) in [6.07, 6.45) is 5.72. The molecule has 0 spiro atoms. The lowest BCUT2D eigenvalue weighted by Gasteiger charge is -2.06. The highest BCUT2D eigenvalue weighted by Gasteiger charge is 1.96. The van der Waals surface area contributed by atoms with Crippen LogP contribution in [0.15, 0.2) is 54.6 Å². The summed E-state index contributed by atoms with van der Waals surface area (Å²) < 4.78 is 10.9. The molecule has 0 aromatic heterocycles. The van der Waals surface area contributed by atoms with Crippen molar-refractivity contribution in [3.8, 4) is 5.75 Å². The maximum atomic E-state index is 5.73. The minimum atomic E-state index is 0. The standard InChI is InChI=1S/C22H31NO2.ClH/c1-24-22-14-12-20(13-15-22)11-8-18-25-17-7-3-6-16-23-19-21-9-4-2-5-10-21;/h2,4-5,9-10,12-15,23H,3,6-8,11,16-19H2,1H3;1H. The van der Waals surface area contributed by atoms with Gasteiger partial charge in [-0.3, -0.25) is 0 Å². The molecule has 0 unspecified atom stereocenters. The number of rotatable bonds is 13. The second-order valence-electron chi connectivity index (χ2n) is 6.29. The van der Waals surface area contributed by atoms with E-state index >= 15 is 0 Å². The number of ether oxygens (including phenoxy) is 2. The molecule has 2 aromatic carbocycles. The van der Waals surface area contributed by atoms with Gasteiger partial charge in [-0.05, 0) is 61.9 Å². The van der Waals surface area contributed by atoms with Gasteiger partial charge < -0.3 is 14.8 Å². The molecule has 0 aliphatic carbocycles. The minimum Gasteiger partial charge on any atom is -0.497 e. The van der Waals surface area contributed by atoms with E-state index < -0.39 is 0 Å². The van der Waals surface area contributed by atoms with Gasteiger partial charge in [-0.25, -0.2) is 0 Å². The molecule has 0 atom stereocenters. The van der Waals surface area contributed by atoms with Crippen LogP contribution in [0.1, 0.15) is 36.8 Å². The molecule has 0 heterocycles. The predicted molar refractivity (Wildman–Crippen MR) is 111 cm³/mol. The first-order valence-corrected chi connectivity index (χ1v) is 9.34. The highest BCUT2D eigenvalue weighted by atomic mass is 35.5. The molecule has 0 saturated heterocycles. The second kappa shape index (κ2) is 14.6. The molecular weight excluding hydrogens is 346 g/mol. The average molecular weight is 378 g/mol. The minimum absolute atomic E-state index is 0. The maximum absolute atomic E-state index is 5.73. The molecular formula is C22H32ClNO2. The Labute approximate surface area is 164 Å². The Morgan fingerprint density at radius 3 is 2.23 bits per heavy atom. The Kier molecular flexibility index (Phi) is 12.6. The zero-order chi connectivity index (χ0) is 17.6. The summed E-state index contributed by atoms with van der Waals surface area (Å²) in [4.78, 5) is 0. The molecule has 144 valence electrons. The van der Waals surface area contributed by atoms with Gasteiger partial charge in [-0.15, -0.1) is 12.4 Å². The molecule has 0 bridgehead atoms. The Hall–Kier alpha value is -1.55. The molecule has 4 heteroatoms. The smallest absolute Gasteiger partial charge is 0.118 e. The third-order valence-corrected chi connectivity index (χ3v) is 4.23. The molecule has 0 saturated carbocycles. The quantitative estimate of drug-likeness (QED) is 0.497. The molecule has 2 aromatic rings. The molecule has 26 heavy (non-hydrogen) atoms. The second-order valence-corrected chi connectivity index (χ2v) is 6.29. The van der Waals surface area contributed by atoms with Gasteiger partial charge in [0.2, 0.25) is 0 Å². The predicted octanol–water partition coefficient (Wildman–Crippen LogP) is 5.03. The molecule has 2 rings (SSSR count). The van der Waals surface area contributed by atoms with Crippen LogP contribution >= 0.6 is 12.4 Å². The van der Waals surface area contributed by atoms with Gasteiger partial charge in [-0.2, -0.15) is 0 Å². The van der Waals surface area contributed by atoms with Gasteiger partial charge >= 0.3 is 0 Å². The van der Waals surface area contributed by atoms with Crippen LogP contribution in [-0.2, 0) is 17.7 Å². The van der Waals surface area contributed by atoms with Crippen LogP contribution in [-0.4, -0.2) is 26.9 Å². The van der Waals surface area contributed by atoms with Gasteiger partial charge in [0.05, 0.1) is 7.11 Å². The van der Waals surface area contributed by atoms with Crippen molar-refractivity contribution in [2.24, 2.45) is 0 Å². The molecule has 3 nitrogen and oxygen atoms in total. The number of nitrogens with one attached hydrogen (secondary N) is 1. The summed E-state index contributed by atoms with van der Waals surface area (Å²) in [6.45, 7) is 3.76. The summed E-state index contributed by atoms with van der Waals surface area (Å²) in [7, 11) is 1.70. The molecule has 0 aliphatic rings. The zero-order valence-corrected chi connectivity index (χ0v) is 16.6. The zero-order valence-electron chi connectivity index (χ0n) is 15.8. The van der Waals surface area contributed by atoms with Gasteiger partial charge in [0.15, 0.2) is 0 Å². The number of halogens is 1. The molecule has 0 amide bonds. The normalized spacial score (nSPS) is 10.3. The van der Waals surface area contributed by atoms with Crippen LogP contribution in [0.25, 0.3) is 0 Å². The van der Waals surface area contributed by atoms with E-state index in [9.17, 15) is 0 Å². The number of methoxy groups -OCH3 is 1. The van der Waals surface area contributed by atoms with E-state index in [0.29, 0.717) is 0 Å². The molecule has 0 aliphatic heterocycles. The van der Waals surface area contributed by atoms with Gasteiger partial charge in [0, 0.05) is 19.8 Å². The Balaban J connectivity index is 0.00000338. The first-order valence-electron chi connectivity index (χ1n) is 9.34. The number of aryl methyl sites for hydroxylation is 1. The lowest BCUT2D eigenvalue weighted by atomic mass is 10.1. The lowest BCUT2D eigenvalue weighted by molar-refractivity contribution is 0.128. The van der Waals surface area contributed by atoms with Gasteiger partial charge in [0.1, 0.15) is 5.75 Å². The van der Waals surface area contributed by atoms with Crippen LogP contribution in [0.3, 0.4) is 0 Å². The van der Waals surface area contributed by atoms with Crippen molar-refractivity contribution in [2.45, 2.75) is 38.6 Å². The number of benzene rings is 2. The molecule has 0 fully saturated rings. The highest BCUT2D eigenvalue weighted by molar-refractivity contribution is 5.85. The van der Waals surface area contributed by atoms with Crippen LogP contribution in [0.2, 0.25) is 0 Å². The SMILES string of the molecule is COc1ccc(CCCOCCCCCNCc2ccccc2)cc1.Cl. The van der Waals surface area contributed by atoms with Crippen molar-refractivity contribution >= 4 is 12.4 Å². The summed E-state index contributed by atoms with van der Waals surface area (Å²) in [5.74, 6) is 0.915. The Morgan fingerprint density at radius 2 is 1.50 bits per heavy atom. The fraction of sp³-hybridized carbons (Fsp3) is 0.455. The van der Waals surface area contributed by atoms with E-state index in [4.69, 9.17) is 9.47 Å². The van der Waals surface area contributed by atoms with Crippen molar-refractivity contribution in [3.05, 3.63) is 65.7 Å². The highest BCUT2D eigenvalue weighted by Crippen LogP contribution is 2.12. The number of hydrogen-bond acceptors (Lipinski definition) is 3. The number of hydrogen-bond donors (Lipinski definition) is 1. The summed E-state index contributed by atoms with van der Waals surface area (Å²) in [6, 6.07) is 18.8. The fourth-order valence-corrected chi connectivity index (χ4v) is 2.73. The third-order valence-electron chi connectivity index (χ3n) is 4.23. The summed E-state index contributed by atoms with van der Waals surface area (Å²) in [5.41, 5.74) is 2.69. The van der Waals surface area contributed by atoms with E-state index in [-0.39, 0.29) is 12.4 Å². The first kappa shape index (κ1) is 22.5. The summed E-state index contributed by atoms with van der Waals surface area (Å²) >= 11 is 0. The van der Waals surface area contributed by atoms with E-state index in [2.05, 4.69) is 47.8 Å². The van der Waals surface area contributed by atoms with Crippen molar-refractivity contribution in [3.63, 3.8) is 0 Å². The fourth-order valence-electron chi connectivity index (χ4n) is 2.73. The van der Waals surface area contributed by atoms with Crippen molar-refractivity contribution in [1.29, 1.82) is 0 Å². The van der Waals surface area contributed by atoms with Crippen LogP contribution in [0.5, 0.6) is 5.75 Å². The largest absolute Gasteiger partial charge is 0.497 e. The van der Waals surface area contributed by atoms with Crippen LogP contribution in [0, 0.1) is 0 Å². The van der Waals surface area contributed by atoms with Crippen molar-refractivity contribution in [1.82, 2.24) is 5.32 Å². The first-order chi connectivity index (χ1) is 12.4. The van der Waals surface area contributed by atoms with Gasteiger partial charge in [0.25, 0.3) is 0 Å². The third kappa shape index (κ3) is 9.81. The van der Waals surface area contributed by atoms with E-state index in [1.54, 1.807) is 7.11 Å². The Bertz CT molecular complexity index is 560. The topological polar surface area (TPSA) is 30.5 Å². The molecule has 0 radical (unpaired) electrons. The average Bonchev–Trinajstić information content (AvgIpc) is 2.67. The van der Waals surface area contributed by atoms with Crippen LogP contribution in [0.4, 0.5) is 0 Å². The maximum Gasteiger partial charge on any atom is 0.118 e. The number of unbranched alkanes of at least 4 members (excludes halogenated alkanes) is 2. The lowest BCUT2D eigenvalue weighted by Crippen LogP contribution is -2.14. The van der Waals surface area contributed by atoms with E-state index in [1.807, 2.05) is 12.1 Å². The monoisotopic (exact) mass is 377 g/mol. The Morgan fingerprint density at radius 1 is 0.769 bits per heavy atom. The molecule has 1 N–H and O–H groups in total. The van der Waals surface area contributed by atoms with Gasteiger partial charge in [-0.1, -0.05) is 42.5 Å². The van der Waals surface area contributed by atoms with Crippen molar-refractivity contribution in [2.75, 3.05) is 26.9 Å². The van der Waals surface area contributed by atoms with E-state index in [1.165, 1.54) is 24.0 Å².